The van der Waals surface area contributed by atoms with Gasteiger partial charge in [-0.2, -0.15) is 0 Å². The Morgan fingerprint density at radius 1 is 1.32 bits per heavy atom. The minimum absolute atomic E-state index is 0.174. The van der Waals surface area contributed by atoms with Crippen LogP contribution in [0.5, 0.6) is 0 Å². The van der Waals surface area contributed by atoms with Crippen molar-refractivity contribution in [3.63, 3.8) is 0 Å². The van der Waals surface area contributed by atoms with E-state index >= 15 is 0 Å². The number of nitrogens with one attached hydrogen (secondary N) is 1. The molecule has 0 radical (unpaired) electrons. The maximum atomic E-state index is 14.2. The van der Waals surface area contributed by atoms with Gasteiger partial charge in [0.15, 0.2) is 0 Å². The summed E-state index contributed by atoms with van der Waals surface area (Å²) in [5, 5.41) is 3.40. The molecule has 1 N–H and O–H groups in total. The second kappa shape index (κ2) is 4.82. The zero-order valence-corrected chi connectivity index (χ0v) is 11.3. The zero-order chi connectivity index (χ0) is 13.4. The third kappa shape index (κ3) is 2.56. The molecule has 2 nitrogen and oxygen atoms in total. The predicted molar refractivity (Wildman–Crippen MR) is 73.4 cm³/mol. The Bertz CT molecular complexity index is 576. The fourth-order valence-corrected chi connectivity index (χ4v) is 2.48. The van der Waals surface area contributed by atoms with Crippen molar-refractivity contribution in [1.82, 2.24) is 5.32 Å². The number of hydrogen-bond acceptors (Lipinski definition) is 2. The van der Waals surface area contributed by atoms with Crippen molar-refractivity contribution in [2.45, 2.75) is 39.3 Å². The Balaban J connectivity index is 1.95. The van der Waals surface area contributed by atoms with Gasteiger partial charge in [-0.15, -0.1) is 0 Å². The van der Waals surface area contributed by atoms with Crippen molar-refractivity contribution in [2.75, 3.05) is 0 Å². The normalized spacial score (nSPS) is 14.9. The first-order valence-electron chi connectivity index (χ1n) is 6.72. The quantitative estimate of drug-likeness (QED) is 0.899. The van der Waals surface area contributed by atoms with Gasteiger partial charge in [0, 0.05) is 17.2 Å². The molecule has 0 bridgehead atoms. The molecule has 1 aliphatic carbocycles. The second-order valence-electron chi connectivity index (χ2n) is 5.35. The average molecular weight is 259 g/mol. The molecule has 3 heteroatoms. The highest BCUT2D eigenvalue weighted by atomic mass is 19.1. The van der Waals surface area contributed by atoms with Gasteiger partial charge >= 0.3 is 0 Å². The molecule has 1 saturated carbocycles. The van der Waals surface area contributed by atoms with Gasteiger partial charge in [0.2, 0.25) is 0 Å². The molecule has 0 aliphatic heterocycles. The van der Waals surface area contributed by atoms with Crippen LogP contribution in [0.1, 0.15) is 29.7 Å². The molecule has 1 heterocycles. The van der Waals surface area contributed by atoms with Crippen molar-refractivity contribution in [2.24, 2.45) is 0 Å². The molecule has 1 aromatic heterocycles. The summed E-state index contributed by atoms with van der Waals surface area (Å²) in [5.41, 5.74) is 3.42. The molecule has 0 amide bonds. The van der Waals surface area contributed by atoms with Gasteiger partial charge in [0.05, 0.1) is 12.8 Å². The van der Waals surface area contributed by atoms with Crippen molar-refractivity contribution in [3.05, 3.63) is 47.2 Å². The van der Waals surface area contributed by atoms with Crippen LogP contribution >= 0.6 is 0 Å². The van der Waals surface area contributed by atoms with Crippen LogP contribution in [0, 0.1) is 19.7 Å². The third-order valence-corrected chi connectivity index (χ3v) is 3.58. The molecule has 0 saturated heterocycles. The van der Waals surface area contributed by atoms with Crippen molar-refractivity contribution in [1.29, 1.82) is 0 Å². The summed E-state index contributed by atoms with van der Waals surface area (Å²) in [6.45, 7) is 4.51. The standard InChI is InChI=1S/C16H18FNO/c1-10-7-11(2)16(14(17)8-10)13-5-6-19-15(13)9-18-12-3-4-12/h5-8,12,18H,3-4,9H2,1-2H3. The van der Waals surface area contributed by atoms with Crippen LogP contribution in [-0.4, -0.2) is 6.04 Å². The van der Waals surface area contributed by atoms with Gasteiger partial charge in [0.25, 0.3) is 0 Å². The van der Waals surface area contributed by atoms with Crippen LogP contribution < -0.4 is 5.32 Å². The lowest BCUT2D eigenvalue weighted by atomic mass is 9.98. The minimum atomic E-state index is -0.174. The van der Waals surface area contributed by atoms with E-state index in [1.807, 2.05) is 26.0 Å². The summed E-state index contributed by atoms with van der Waals surface area (Å²) in [7, 11) is 0. The smallest absolute Gasteiger partial charge is 0.131 e. The Hall–Kier alpha value is -1.61. The Labute approximate surface area is 112 Å². The second-order valence-corrected chi connectivity index (χ2v) is 5.35. The largest absolute Gasteiger partial charge is 0.467 e. The van der Waals surface area contributed by atoms with Gasteiger partial charge in [-0.3, -0.25) is 0 Å². The molecule has 1 fully saturated rings. The topological polar surface area (TPSA) is 25.2 Å². The summed E-state index contributed by atoms with van der Waals surface area (Å²) >= 11 is 0. The van der Waals surface area contributed by atoms with E-state index < -0.39 is 0 Å². The van der Waals surface area contributed by atoms with Crippen LogP contribution in [0.2, 0.25) is 0 Å². The lowest BCUT2D eigenvalue weighted by molar-refractivity contribution is 0.483. The summed E-state index contributed by atoms with van der Waals surface area (Å²) in [6, 6.07) is 6.05. The number of aryl methyl sites for hydroxylation is 2. The van der Waals surface area contributed by atoms with Crippen LogP contribution in [-0.2, 0) is 6.54 Å². The van der Waals surface area contributed by atoms with E-state index in [4.69, 9.17) is 4.42 Å². The summed E-state index contributed by atoms with van der Waals surface area (Å²) in [6.07, 6.45) is 4.10. The van der Waals surface area contributed by atoms with E-state index in [1.54, 1.807) is 12.3 Å². The summed E-state index contributed by atoms with van der Waals surface area (Å²) < 4.78 is 19.7. The van der Waals surface area contributed by atoms with Crippen molar-refractivity contribution in [3.8, 4) is 11.1 Å². The van der Waals surface area contributed by atoms with Crippen molar-refractivity contribution < 1.29 is 8.81 Å². The van der Waals surface area contributed by atoms with E-state index in [0.29, 0.717) is 18.2 Å². The summed E-state index contributed by atoms with van der Waals surface area (Å²) in [4.78, 5) is 0. The maximum absolute atomic E-state index is 14.2. The van der Waals surface area contributed by atoms with Gasteiger partial charge in [-0.25, -0.2) is 4.39 Å². The number of halogens is 1. The van der Waals surface area contributed by atoms with Crippen molar-refractivity contribution >= 4 is 0 Å². The predicted octanol–water partition coefficient (Wildman–Crippen LogP) is 3.95. The Kier molecular flexibility index (Phi) is 3.15. The molecule has 0 spiro atoms. The molecule has 19 heavy (non-hydrogen) atoms. The van der Waals surface area contributed by atoms with Gasteiger partial charge < -0.3 is 9.73 Å². The van der Waals surface area contributed by atoms with E-state index in [0.717, 1.165) is 22.5 Å². The van der Waals surface area contributed by atoms with E-state index in [-0.39, 0.29) is 5.82 Å². The minimum Gasteiger partial charge on any atom is -0.467 e. The Morgan fingerprint density at radius 2 is 2.11 bits per heavy atom. The van der Waals surface area contributed by atoms with Crippen LogP contribution in [0.3, 0.4) is 0 Å². The monoisotopic (exact) mass is 259 g/mol. The maximum Gasteiger partial charge on any atom is 0.131 e. The summed E-state index contributed by atoms with van der Waals surface area (Å²) in [5.74, 6) is 0.643. The first kappa shape index (κ1) is 12.4. The molecule has 0 unspecified atom stereocenters. The van der Waals surface area contributed by atoms with Gasteiger partial charge in [-0.05, 0) is 49.9 Å². The van der Waals surface area contributed by atoms with Gasteiger partial charge in [0.1, 0.15) is 11.6 Å². The number of hydrogen-bond donors (Lipinski definition) is 1. The number of furan rings is 1. The zero-order valence-electron chi connectivity index (χ0n) is 11.3. The van der Waals surface area contributed by atoms with E-state index in [1.165, 1.54) is 12.8 Å². The molecular weight excluding hydrogens is 241 g/mol. The SMILES string of the molecule is Cc1cc(C)c(-c2ccoc2CNC2CC2)c(F)c1. The fraction of sp³-hybridized carbons (Fsp3) is 0.375. The molecule has 1 aromatic carbocycles. The van der Waals surface area contributed by atoms with Crippen LogP contribution in [0.4, 0.5) is 4.39 Å². The first-order valence-corrected chi connectivity index (χ1v) is 6.72. The van der Waals surface area contributed by atoms with E-state index in [9.17, 15) is 4.39 Å². The molecule has 3 rings (SSSR count). The highest BCUT2D eigenvalue weighted by Crippen LogP contribution is 2.32. The van der Waals surface area contributed by atoms with Crippen LogP contribution in [0.25, 0.3) is 11.1 Å². The molecular formula is C16H18FNO. The third-order valence-electron chi connectivity index (χ3n) is 3.58. The fourth-order valence-electron chi connectivity index (χ4n) is 2.48. The first-order chi connectivity index (χ1) is 9.15. The van der Waals surface area contributed by atoms with Gasteiger partial charge in [-0.1, -0.05) is 6.07 Å². The number of benzene rings is 1. The Morgan fingerprint density at radius 3 is 2.79 bits per heavy atom. The molecule has 0 atom stereocenters. The highest BCUT2D eigenvalue weighted by Gasteiger charge is 2.22. The average Bonchev–Trinajstić information content (AvgIpc) is 3.06. The highest BCUT2D eigenvalue weighted by molar-refractivity contribution is 5.70. The molecule has 1 aliphatic rings. The van der Waals surface area contributed by atoms with Crippen LogP contribution in [0.15, 0.2) is 28.9 Å². The molecule has 2 aromatic rings. The lowest BCUT2D eigenvalue weighted by Crippen LogP contribution is -2.15. The number of rotatable bonds is 4. The molecule has 100 valence electrons. The lowest BCUT2D eigenvalue weighted by Gasteiger charge is -2.09. The van der Waals surface area contributed by atoms with E-state index in [2.05, 4.69) is 5.32 Å².